The molecule has 130 valence electrons. The summed E-state index contributed by atoms with van der Waals surface area (Å²) in [6.45, 7) is 2.40. The Kier molecular flexibility index (Phi) is 5.35. The van der Waals surface area contributed by atoms with Crippen molar-refractivity contribution in [3.8, 4) is 22.9 Å². The number of methoxy groups -OCH3 is 1. The Labute approximate surface area is 156 Å². The van der Waals surface area contributed by atoms with E-state index < -0.39 is 0 Å². The van der Waals surface area contributed by atoms with E-state index in [0.29, 0.717) is 17.0 Å². The molecule has 0 saturated carbocycles. The van der Waals surface area contributed by atoms with Crippen LogP contribution in [0.5, 0.6) is 5.75 Å². The molecule has 0 radical (unpaired) electrons. The lowest BCUT2D eigenvalue weighted by Crippen LogP contribution is -2.21. The average molecular weight is 362 g/mol. The molecule has 0 unspecified atom stereocenters. The first-order valence-electron chi connectivity index (χ1n) is 8.13. The van der Waals surface area contributed by atoms with Crippen LogP contribution < -0.4 is 10.1 Å². The Morgan fingerprint density at radius 2 is 1.96 bits per heavy atom. The Bertz CT molecular complexity index is 968. The molecule has 0 aliphatic heterocycles. The SMILES string of the molecule is COc1ccc(-c2cc(C(=O)NCc3cccc(C#N)c3)sc2C)cc1. The first kappa shape index (κ1) is 17.7. The minimum Gasteiger partial charge on any atom is -0.497 e. The molecule has 0 saturated heterocycles. The third kappa shape index (κ3) is 3.93. The molecule has 3 rings (SSSR count). The van der Waals surface area contributed by atoms with Crippen molar-refractivity contribution in [1.29, 1.82) is 5.26 Å². The highest BCUT2D eigenvalue weighted by Crippen LogP contribution is 2.32. The first-order chi connectivity index (χ1) is 12.6. The lowest BCUT2D eigenvalue weighted by Gasteiger charge is -2.04. The molecule has 5 heteroatoms. The van der Waals surface area contributed by atoms with E-state index in [1.807, 2.05) is 49.4 Å². The smallest absolute Gasteiger partial charge is 0.261 e. The molecule has 3 aromatic rings. The van der Waals surface area contributed by atoms with Crippen LogP contribution in [-0.2, 0) is 6.54 Å². The highest BCUT2D eigenvalue weighted by molar-refractivity contribution is 7.14. The van der Waals surface area contributed by atoms with E-state index in [2.05, 4.69) is 11.4 Å². The van der Waals surface area contributed by atoms with Gasteiger partial charge in [-0.25, -0.2) is 0 Å². The van der Waals surface area contributed by atoms with E-state index in [-0.39, 0.29) is 5.91 Å². The van der Waals surface area contributed by atoms with Gasteiger partial charge in [0.1, 0.15) is 5.75 Å². The lowest BCUT2D eigenvalue weighted by molar-refractivity contribution is 0.0955. The molecular weight excluding hydrogens is 344 g/mol. The topological polar surface area (TPSA) is 62.1 Å². The Balaban J connectivity index is 1.73. The number of benzene rings is 2. The van der Waals surface area contributed by atoms with Crippen LogP contribution in [0.1, 0.15) is 25.7 Å². The first-order valence-corrected chi connectivity index (χ1v) is 8.94. The number of nitrogens with zero attached hydrogens (tertiary/aromatic N) is 1. The van der Waals surface area contributed by atoms with E-state index in [9.17, 15) is 4.79 Å². The number of carbonyl (C=O) groups is 1. The standard InChI is InChI=1S/C21H18N2O2S/c1-14-19(17-6-8-18(25-2)9-7-17)11-20(26-14)21(24)23-13-16-5-3-4-15(10-16)12-22/h3-11H,13H2,1-2H3,(H,23,24). The molecule has 1 N–H and O–H groups in total. The number of carbonyl (C=O) groups excluding carboxylic acids is 1. The molecule has 0 atom stereocenters. The Hall–Kier alpha value is -3.10. The third-order valence-electron chi connectivity index (χ3n) is 4.05. The van der Waals surface area contributed by atoms with Gasteiger partial charge in [-0.15, -0.1) is 11.3 Å². The largest absolute Gasteiger partial charge is 0.497 e. The fourth-order valence-electron chi connectivity index (χ4n) is 2.67. The molecule has 4 nitrogen and oxygen atoms in total. The van der Waals surface area contributed by atoms with Gasteiger partial charge in [0.2, 0.25) is 0 Å². The van der Waals surface area contributed by atoms with Gasteiger partial charge >= 0.3 is 0 Å². The van der Waals surface area contributed by atoms with Crippen molar-refractivity contribution in [2.24, 2.45) is 0 Å². The third-order valence-corrected chi connectivity index (χ3v) is 5.10. The van der Waals surface area contributed by atoms with E-state index in [1.54, 1.807) is 19.2 Å². The summed E-state index contributed by atoms with van der Waals surface area (Å²) in [6, 6.07) is 19.1. The van der Waals surface area contributed by atoms with Gasteiger partial charge in [-0.1, -0.05) is 24.3 Å². The quantitative estimate of drug-likeness (QED) is 0.725. The minimum absolute atomic E-state index is 0.111. The van der Waals surface area contributed by atoms with Gasteiger partial charge in [0.15, 0.2) is 0 Å². The van der Waals surface area contributed by atoms with Gasteiger partial charge in [-0.3, -0.25) is 4.79 Å². The number of rotatable bonds is 5. The molecule has 2 aromatic carbocycles. The summed E-state index contributed by atoms with van der Waals surface area (Å²) in [5.41, 5.74) is 3.60. The number of nitrogens with one attached hydrogen (secondary N) is 1. The van der Waals surface area contributed by atoms with Crippen molar-refractivity contribution in [3.63, 3.8) is 0 Å². The lowest BCUT2D eigenvalue weighted by atomic mass is 10.1. The summed E-state index contributed by atoms with van der Waals surface area (Å²) >= 11 is 1.47. The second-order valence-electron chi connectivity index (χ2n) is 5.80. The second kappa shape index (κ2) is 7.85. The Morgan fingerprint density at radius 1 is 1.19 bits per heavy atom. The van der Waals surface area contributed by atoms with Crippen LogP contribution in [0.3, 0.4) is 0 Å². The highest BCUT2D eigenvalue weighted by atomic mass is 32.1. The zero-order valence-electron chi connectivity index (χ0n) is 14.6. The van der Waals surface area contributed by atoms with Crippen LogP contribution >= 0.6 is 11.3 Å². The monoisotopic (exact) mass is 362 g/mol. The molecule has 1 aromatic heterocycles. The summed E-state index contributed by atoms with van der Waals surface area (Å²) in [7, 11) is 1.64. The number of ether oxygens (including phenoxy) is 1. The predicted molar refractivity (Wildman–Crippen MR) is 103 cm³/mol. The summed E-state index contributed by atoms with van der Waals surface area (Å²) in [5.74, 6) is 0.694. The van der Waals surface area contributed by atoms with Crippen LogP contribution in [0.4, 0.5) is 0 Å². The predicted octanol–water partition coefficient (Wildman–Crippen LogP) is 4.53. The van der Waals surface area contributed by atoms with Crippen LogP contribution in [-0.4, -0.2) is 13.0 Å². The zero-order valence-corrected chi connectivity index (χ0v) is 15.4. The fraction of sp³-hybridized carbons (Fsp3) is 0.143. The second-order valence-corrected chi connectivity index (χ2v) is 7.06. The van der Waals surface area contributed by atoms with Crippen molar-refractivity contribution in [1.82, 2.24) is 5.32 Å². The maximum Gasteiger partial charge on any atom is 0.261 e. The van der Waals surface area contributed by atoms with Crippen molar-refractivity contribution in [2.45, 2.75) is 13.5 Å². The minimum atomic E-state index is -0.111. The van der Waals surface area contributed by atoms with Crippen molar-refractivity contribution in [2.75, 3.05) is 7.11 Å². The number of amides is 1. The fourth-order valence-corrected chi connectivity index (χ4v) is 3.63. The molecule has 1 amide bonds. The van der Waals surface area contributed by atoms with Crippen molar-refractivity contribution < 1.29 is 9.53 Å². The highest BCUT2D eigenvalue weighted by Gasteiger charge is 2.13. The molecule has 0 fully saturated rings. The Morgan fingerprint density at radius 3 is 2.65 bits per heavy atom. The molecule has 26 heavy (non-hydrogen) atoms. The van der Waals surface area contributed by atoms with Gasteiger partial charge in [0.05, 0.1) is 23.6 Å². The molecule has 1 heterocycles. The van der Waals surface area contributed by atoms with Gasteiger partial charge in [-0.05, 0) is 53.9 Å². The van der Waals surface area contributed by atoms with Gasteiger partial charge in [0, 0.05) is 11.4 Å². The van der Waals surface area contributed by atoms with Crippen molar-refractivity contribution in [3.05, 3.63) is 75.5 Å². The molecule has 0 spiro atoms. The van der Waals surface area contributed by atoms with Crippen LogP contribution in [0.15, 0.2) is 54.6 Å². The van der Waals surface area contributed by atoms with Crippen molar-refractivity contribution >= 4 is 17.2 Å². The number of hydrogen-bond donors (Lipinski definition) is 1. The molecule has 0 aliphatic carbocycles. The van der Waals surface area contributed by atoms with Crippen LogP contribution in [0.25, 0.3) is 11.1 Å². The summed E-state index contributed by atoms with van der Waals surface area (Å²) < 4.78 is 5.19. The van der Waals surface area contributed by atoms with E-state index in [4.69, 9.17) is 10.00 Å². The number of hydrogen-bond acceptors (Lipinski definition) is 4. The molecular formula is C21H18N2O2S. The van der Waals surface area contributed by atoms with E-state index in [1.165, 1.54) is 11.3 Å². The summed E-state index contributed by atoms with van der Waals surface area (Å²) in [5, 5.41) is 11.9. The number of thiophene rings is 1. The van der Waals surface area contributed by atoms with Crippen LogP contribution in [0.2, 0.25) is 0 Å². The van der Waals surface area contributed by atoms with E-state index in [0.717, 1.165) is 27.3 Å². The zero-order chi connectivity index (χ0) is 18.5. The average Bonchev–Trinajstić information content (AvgIpc) is 3.08. The number of nitriles is 1. The van der Waals surface area contributed by atoms with E-state index >= 15 is 0 Å². The van der Waals surface area contributed by atoms with Crippen LogP contribution in [0, 0.1) is 18.3 Å². The number of aryl methyl sites for hydroxylation is 1. The van der Waals surface area contributed by atoms with Gasteiger partial charge in [-0.2, -0.15) is 5.26 Å². The molecule has 0 bridgehead atoms. The van der Waals surface area contributed by atoms with Gasteiger partial charge < -0.3 is 10.1 Å². The molecule has 0 aliphatic rings. The maximum absolute atomic E-state index is 12.5. The normalized spacial score (nSPS) is 10.2. The van der Waals surface area contributed by atoms with Gasteiger partial charge in [0.25, 0.3) is 5.91 Å². The summed E-state index contributed by atoms with van der Waals surface area (Å²) in [4.78, 5) is 14.2. The maximum atomic E-state index is 12.5. The summed E-state index contributed by atoms with van der Waals surface area (Å²) in [6.07, 6.45) is 0.